The highest BCUT2D eigenvalue weighted by atomic mass is 35.5. The second kappa shape index (κ2) is 9.12. The van der Waals surface area contributed by atoms with Gasteiger partial charge in [0.05, 0.1) is 12.3 Å². The highest BCUT2D eigenvalue weighted by molar-refractivity contribution is 5.85. The van der Waals surface area contributed by atoms with Gasteiger partial charge in [-0.2, -0.15) is 5.10 Å². The molecule has 1 aromatic rings. The van der Waals surface area contributed by atoms with E-state index in [0.29, 0.717) is 13.0 Å². The van der Waals surface area contributed by atoms with Crippen LogP contribution in [0.25, 0.3) is 0 Å². The van der Waals surface area contributed by atoms with Crippen molar-refractivity contribution >= 4 is 18.3 Å². The predicted octanol–water partition coefficient (Wildman–Crippen LogP) is 1.47. The molecule has 2 rings (SSSR count). The molecule has 7 heteroatoms. The molecule has 1 saturated carbocycles. The largest absolute Gasteiger partial charge is 0.380 e. The van der Waals surface area contributed by atoms with Crippen LogP contribution in [0.3, 0.4) is 0 Å². The van der Waals surface area contributed by atoms with Crippen LogP contribution in [-0.4, -0.2) is 34.9 Å². The van der Waals surface area contributed by atoms with Crippen molar-refractivity contribution in [2.45, 2.75) is 57.8 Å². The number of rotatable bonds is 6. The Morgan fingerprint density at radius 1 is 1.55 bits per heavy atom. The summed E-state index contributed by atoms with van der Waals surface area (Å²) < 4.78 is 7.22. The fourth-order valence-electron chi connectivity index (χ4n) is 2.89. The van der Waals surface area contributed by atoms with Crippen molar-refractivity contribution < 1.29 is 9.53 Å². The van der Waals surface area contributed by atoms with Gasteiger partial charge in [0.2, 0.25) is 5.91 Å². The third-order valence-corrected chi connectivity index (χ3v) is 4.11. The zero-order chi connectivity index (χ0) is 15.2. The molecule has 0 spiro atoms. The van der Waals surface area contributed by atoms with Crippen LogP contribution in [-0.2, 0) is 22.6 Å². The Morgan fingerprint density at radius 3 is 2.95 bits per heavy atom. The highest BCUT2D eigenvalue weighted by Crippen LogP contribution is 2.25. The van der Waals surface area contributed by atoms with Crippen LogP contribution in [0.1, 0.15) is 38.2 Å². The average molecular weight is 331 g/mol. The Labute approximate surface area is 138 Å². The molecular formula is C15H27ClN4O2. The van der Waals surface area contributed by atoms with E-state index in [2.05, 4.69) is 17.3 Å². The van der Waals surface area contributed by atoms with E-state index in [-0.39, 0.29) is 36.4 Å². The van der Waals surface area contributed by atoms with Gasteiger partial charge in [-0.25, -0.2) is 0 Å². The number of methoxy groups -OCH3 is 1. The molecule has 3 atom stereocenters. The van der Waals surface area contributed by atoms with Gasteiger partial charge in [-0.05, 0) is 25.7 Å². The van der Waals surface area contributed by atoms with Crippen molar-refractivity contribution in [2.75, 3.05) is 7.11 Å². The molecule has 1 fully saturated rings. The number of nitrogens with two attached hydrogens (primary N) is 1. The zero-order valence-corrected chi connectivity index (χ0v) is 14.1. The minimum atomic E-state index is -0.0493. The summed E-state index contributed by atoms with van der Waals surface area (Å²) in [6.07, 6.45) is 7.31. The lowest BCUT2D eigenvalue weighted by Crippen LogP contribution is -2.45. The lowest BCUT2D eigenvalue weighted by molar-refractivity contribution is -0.127. The molecule has 1 aliphatic rings. The minimum absolute atomic E-state index is 0. The zero-order valence-electron chi connectivity index (χ0n) is 13.3. The first kappa shape index (κ1) is 18.9. The fourth-order valence-corrected chi connectivity index (χ4v) is 2.89. The maximum absolute atomic E-state index is 12.2. The number of nitrogens with zero attached hydrogens (tertiary/aromatic N) is 2. The van der Waals surface area contributed by atoms with Crippen molar-refractivity contribution in [3.8, 4) is 0 Å². The number of amides is 1. The quantitative estimate of drug-likeness (QED) is 0.827. The Bertz CT molecular complexity index is 466. The molecule has 1 amide bonds. The highest BCUT2D eigenvalue weighted by Gasteiger charge is 2.31. The van der Waals surface area contributed by atoms with E-state index >= 15 is 0 Å². The number of aromatic nitrogens is 2. The second-order valence-electron chi connectivity index (χ2n) is 5.78. The van der Waals surface area contributed by atoms with Crippen LogP contribution >= 0.6 is 12.4 Å². The van der Waals surface area contributed by atoms with Crippen LogP contribution in [0.15, 0.2) is 12.4 Å². The van der Waals surface area contributed by atoms with Gasteiger partial charge >= 0.3 is 0 Å². The monoisotopic (exact) mass is 330 g/mol. The number of hydrogen-bond acceptors (Lipinski definition) is 4. The Kier molecular flexibility index (Phi) is 7.85. The molecule has 6 nitrogen and oxygen atoms in total. The smallest absolute Gasteiger partial charge is 0.223 e. The second-order valence-corrected chi connectivity index (χ2v) is 5.78. The Morgan fingerprint density at radius 2 is 2.32 bits per heavy atom. The minimum Gasteiger partial charge on any atom is -0.380 e. The van der Waals surface area contributed by atoms with E-state index in [4.69, 9.17) is 10.5 Å². The molecule has 1 heterocycles. The lowest BCUT2D eigenvalue weighted by Gasteiger charge is -2.32. The van der Waals surface area contributed by atoms with Crippen LogP contribution in [0, 0.1) is 5.92 Å². The van der Waals surface area contributed by atoms with Gasteiger partial charge < -0.3 is 15.8 Å². The summed E-state index contributed by atoms with van der Waals surface area (Å²) in [5.74, 6) is 0.0836. The molecule has 0 bridgehead atoms. The third kappa shape index (κ3) is 4.97. The molecule has 0 radical (unpaired) electrons. The SMILES string of the molecule is CCCn1cc(CNC(=O)[C@H]2CC[C@@H](OC)[C@H](N)C2)cn1.Cl. The standard InChI is InChI=1S/C15H26N4O2.ClH/c1-3-6-19-10-11(9-18-19)8-17-15(20)12-4-5-14(21-2)13(16)7-12;/h9-10,12-14H,3-8,16H2,1-2H3,(H,17,20);1H/t12-,13+,14+;/m0./s1. The number of ether oxygens (including phenoxy) is 1. The number of carbonyl (C=O) groups excluding carboxylic acids is 1. The molecule has 0 saturated heterocycles. The van der Waals surface area contributed by atoms with E-state index in [1.54, 1.807) is 7.11 Å². The van der Waals surface area contributed by atoms with Crippen molar-refractivity contribution in [1.82, 2.24) is 15.1 Å². The summed E-state index contributed by atoms with van der Waals surface area (Å²) in [4.78, 5) is 12.2. The predicted molar refractivity (Wildman–Crippen MR) is 87.7 cm³/mol. The van der Waals surface area contributed by atoms with E-state index in [9.17, 15) is 4.79 Å². The summed E-state index contributed by atoms with van der Waals surface area (Å²) in [6, 6.07) is -0.0493. The Hall–Kier alpha value is -1.11. The first-order valence-electron chi connectivity index (χ1n) is 7.71. The fraction of sp³-hybridized carbons (Fsp3) is 0.733. The Balaban J connectivity index is 0.00000242. The van der Waals surface area contributed by atoms with Gasteiger partial charge in [-0.1, -0.05) is 6.92 Å². The van der Waals surface area contributed by atoms with Gasteiger partial charge in [0, 0.05) is 43.9 Å². The van der Waals surface area contributed by atoms with Gasteiger partial charge in [-0.15, -0.1) is 12.4 Å². The van der Waals surface area contributed by atoms with Crippen LogP contribution in [0.4, 0.5) is 0 Å². The third-order valence-electron chi connectivity index (χ3n) is 4.11. The molecule has 22 heavy (non-hydrogen) atoms. The maximum atomic E-state index is 12.2. The summed E-state index contributed by atoms with van der Waals surface area (Å²) in [5.41, 5.74) is 7.08. The van der Waals surface area contributed by atoms with E-state index in [0.717, 1.165) is 31.4 Å². The number of hydrogen-bond donors (Lipinski definition) is 2. The first-order chi connectivity index (χ1) is 10.1. The number of halogens is 1. The van der Waals surface area contributed by atoms with E-state index < -0.39 is 0 Å². The van der Waals surface area contributed by atoms with Crippen molar-refractivity contribution in [3.63, 3.8) is 0 Å². The van der Waals surface area contributed by atoms with Gasteiger partial charge in [-0.3, -0.25) is 9.48 Å². The van der Waals surface area contributed by atoms with Crippen LogP contribution in [0.5, 0.6) is 0 Å². The molecule has 3 N–H and O–H groups in total. The van der Waals surface area contributed by atoms with Crippen molar-refractivity contribution in [3.05, 3.63) is 18.0 Å². The van der Waals surface area contributed by atoms with E-state index in [1.165, 1.54) is 0 Å². The number of carbonyl (C=O) groups is 1. The summed E-state index contributed by atoms with van der Waals surface area (Å²) in [6.45, 7) is 3.55. The molecule has 0 unspecified atom stereocenters. The first-order valence-corrected chi connectivity index (χ1v) is 7.71. The molecular weight excluding hydrogens is 304 g/mol. The topological polar surface area (TPSA) is 82.2 Å². The molecule has 1 aromatic heterocycles. The maximum Gasteiger partial charge on any atom is 0.223 e. The summed E-state index contributed by atoms with van der Waals surface area (Å²) in [7, 11) is 1.68. The van der Waals surface area contributed by atoms with Crippen molar-refractivity contribution in [1.29, 1.82) is 0 Å². The normalized spacial score (nSPS) is 24.6. The van der Waals surface area contributed by atoms with Crippen LogP contribution in [0.2, 0.25) is 0 Å². The molecule has 0 aliphatic heterocycles. The van der Waals surface area contributed by atoms with Crippen molar-refractivity contribution in [2.24, 2.45) is 11.7 Å². The molecule has 0 aromatic carbocycles. The van der Waals surface area contributed by atoms with E-state index in [1.807, 2.05) is 17.1 Å². The average Bonchev–Trinajstić information content (AvgIpc) is 2.93. The van der Waals surface area contributed by atoms with Gasteiger partial charge in [0.25, 0.3) is 0 Å². The van der Waals surface area contributed by atoms with Crippen LogP contribution < -0.4 is 11.1 Å². The lowest BCUT2D eigenvalue weighted by atomic mass is 9.83. The number of nitrogens with one attached hydrogen (secondary N) is 1. The summed E-state index contributed by atoms with van der Waals surface area (Å²) in [5, 5.41) is 7.25. The summed E-state index contributed by atoms with van der Waals surface area (Å²) >= 11 is 0. The number of aryl methyl sites for hydroxylation is 1. The molecule has 1 aliphatic carbocycles. The van der Waals surface area contributed by atoms with Gasteiger partial charge in [0.1, 0.15) is 0 Å². The van der Waals surface area contributed by atoms with Gasteiger partial charge in [0.15, 0.2) is 0 Å². The molecule has 126 valence electrons.